The van der Waals surface area contributed by atoms with E-state index in [0.717, 1.165) is 16.1 Å². The molecule has 0 aliphatic heterocycles. The first-order valence-electron chi connectivity index (χ1n) is 13.2. The SMILES string of the molecule is COc1ccc(NC(=O)CSc2cccc(NC(=O)/C(=C\c3ccc(N(C)C)cc3)NC(=O)c3ccccc3)c2)cc1Cl. The Balaban J connectivity index is 1.45. The summed E-state index contributed by atoms with van der Waals surface area (Å²) in [4.78, 5) is 41.6. The maximum absolute atomic E-state index is 13.4. The van der Waals surface area contributed by atoms with Gasteiger partial charge in [0.15, 0.2) is 0 Å². The van der Waals surface area contributed by atoms with Gasteiger partial charge in [0.25, 0.3) is 11.8 Å². The summed E-state index contributed by atoms with van der Waals surface area (Å²) in [5.74, 6) is -0.442. The molecule has 8 nitrogen and oxygen atoms in total. The summed E-state index contributed by atoms with van der Waals surface area (Å²) in [7, 11) is 5.41. The summed E-state index contributed by atoms with van der Waals surface area (Å²) in [5, 5.41) is 8.82. The molecule has 4 rings (SSSR count). The normalized spacial score (nSPS) is 10.9. The number of amides is 3. The molecule has 0 bridgehead atoms. The number of hydrogen-bond donors (Lipinski definition) is 3. The second-order valence-corrected chi connectivity index (χ2v) is 11.0. The van der Waals surface area contributed by atoms with Crippen molar-refractivity contribution < 1.29 is 19.1 Å². The Morgan fingerprint density at radius 1 is 0.860 bits per heavy atom. The van der Waals surface area contributed by atoms with Crippen LogP contribution in [0.25, 0.3) is 6.08 Å². The third-order valence-corrected chi connectivity index (χ3v) is 7.44. The average Bonchev–Trinajstić information content (AvgIpc) is 3.00. The molecular formula is C33H31ClN4O4S. The molecule has 0 heterocycles. The summed E-state index contributed by atoms with van der Waals surface area (Å²) >= 11 is 7.46. The fourth-order valence-corrected chi connectivity index (χ4v) is 4.94. The van der Waals surface area contributed by atoms with Crippen molar-refractivity contribution in [3.63, 3.8) is 0 Å². The van der Waals surface area contributed by atoms with Crippen molar-refractivity contribution in [3.05, 3.63) is 119 Å². The van der Waals surface area contributed by atoms with Crippen LogP contribution >= 0.6 is 23.4 Å². The smallest absolute Gasteiger partial charge is 0.272 e. The number of benzene rings is 4. The number of ether oxygens (including phenoxy) is 1. The van der Waals surface area contributed by atoms with Crippen LogP contribution in [0.15, 0.2) is 108 Å². The van der Waals surface area contributed by atoms with Crippen molar-refractivity contribution in [2.75, 3.05) is 42.5 Å². The zero-order valence-electron chi connectivity index (χ0n) is 23.9. The third-order valence-electron chi connectivity index (χ3n) is 6.15. The number of methoxy groups -OCH3 is 1. The topological polar surface area (TPSA) is 99.8 Å². The lowest BCUT2D eigenvalue weighted by atomic mass is 10.1. The number of rotatable bonds is 11. The number of hydrogen-bond acceptors (Lipinski definition) is 6. The minimum Gasteiger partial charge on any atom is -0.495 e. The standard InChI is InChI=1S/C33H31ClN4O4S/c1-38(2)26-15-12-22(13-16-26)18-29(37-32(40)23-8-5-4-6-9-23)33(41)36-24-10-7-11-27(19-24)43-21-31(39)35-25-14-17-30(42-3)28(34)20-25/h4-20H,21H2,1-3H3,(H,35,39)(H,36,41)(H,37,40)/b29-18+. The molecular weight excluding hydrogens is 584 g/mol. The van der Waals surface area contributed by atoms with Crippen LogP contribution in [0.3, 0.4) is 0 Å². The lowest BCUT2D eigenvalue weighted by molar-refractivity contribution is -0.114. The van der Waals surface area contributed by atoms with Crippen molar-refractivity contribution >= 4 is 64.2 Å². The predicted molar refractivity (Wildman–Crippen MR) is 175 cm³/mol. The van der Waals surface area contributed by atoms with E-state index in [1.165, 1.54) is 18.9 Å². The van der Waals surface area contributed by atoms with E-state index < -0.39 is 11.8 Å². The molecule has 3 N–H and O–H groups in total. The van der Waals surface area contributed by atoms with E-state index >= 15 is 0 Å². The van der Waals surface area contributed by atoms with Crippen LogP contribution in [0.2, 0.25) is 5.02 Å². The largest absolute Gasteiger partial charge is 0.495 e. The minimum absolute atomic E-state index is 0.0852. The Kier molecular flexibility index (Phi) is 10.9. The lowest BCUT2D eigenvalue weighted by Crippen LogP contribution is -2.30. The predicted octanol–water partition coefficient (Wildman–Crippen LogP) is 6.56. The van der Waals surface area contributed by atoms with E-state index in [4.69, 9.17) is 16.3 Å². The zero-order valence-corrected chi connectivity index (χ0v) is 25.5. The van der Waals surface area contributed by atoms with Gasteiger partial charge in [0.1, 0.15) is 11.4 Å². The first-order valence-corrected chi connectivity index (χ1v) is 14.6. The van der Waals surface area contributed by atoms with Gasteiger partial charge in [-0.2, -0.15) is 0 Å². The molecule has 4 aromatic carbocycles. The number of halogens is 1. The highest BCUT2D eigenvalue weighted by Crippen LogP contribution is 2.28. The lowest BCUT2D eigenvalue weighted by Gasteiger charge is -2.14. The summed E-state index contributed by atoms with van der Waals surface area (Å²) < 4.78 is 5.14. The van der Waals surface area contributed by atoms with Gasteiger partial charge in [-0.25, -0.2) is 0 Å². The second kappa shape index (κ2) is 14.9. The number of nitrogens with zero attached hydrogens (tertiary/aromatic N) is 1. The van der Waals surface area contributed by atoms with E-state index in [-0.39, 0.29) is 17.4 Å². The van der Waals surface area contributed by atoms with Crippen molar-refractivity contribution in [3.8, 4) is 5.75 Å². The van der Waals surface area contributed by atoms with Crippen molar-refractivity contribution in [2.24, 2.45) is 0 Å². The first-order chi connectivity index (χ1) is 20.7. The van der Waals surface area contributed by atoms with E-state index in [0.29, 0.717) is 27.7 Å². The van der Waals surface area contributed by atoms with Gasteiger partial charge in [0, 0.05) is 41.6 Å². The van der Waals surface area contributed by atoms with E-state index in [9.17, 15) is 14.4 Å². The highest BCUT2D eigenvalue weighted by Gasteiger charge is 2.16. The van der Waals surface area contributed by atoms with Gasteiger partial charge < -0.3 is 25.6 Å². The molecule has 220 valence electrons. The van der Waals surface area contributed by atoms with Crippen molar-refractivity contribution in [2.45, 2.75) is 4.90 Å². The highest BCUT2D eigenvalue weighted by molar-refractivity contribution is 8.00. The molecule has 0 fully saturated rings. The molecule has 10 heteroatoms. The molecule has 0 atom stereocenters. The van der Waals surface area contributed by atoms with Gasteiger partial charge in [0.2, 0.25) is 5.91 Å². The van der Waals surface area contributed by atoms with Gasteiger partial charge in [-0.15, -0.1) is 11.8 Å². The molecule has 4 aromatic rings. The molecule has 0 saturated carbocycles. The third kappa shape index (κ3) is 9.13. The van der Waals surface area contributed by atoms with E-state index in [1.54, 1.807) is 66.7 Å². The maximum Gasteiger partial charge on any atom is 0.272 e. The Morgan fingerprint density at radius 3 is 2.26 bits per heavy atom. The number of nitrogens with one attached hydrogen (secondary N) is 3. The van der Waals surface area contributed by atoms with Gasteiger partial charge >= 0.3 is 0 Å². The monoisotopic (exact) mass is 614 g/mol. The fourth-order valence-electron chi connectivity index (χ4n) is 3.93. The van der Waals surface area contributed by atoms with E-state index in [2.05, 4.69) is 16.0 Å². The quantitative estimate of drug-likeness (QED) is 0.131. The summed E-state index contributed by atoms with van der Waals surface area (Å²) in [6, 6.07) is 28.4. The fraction of sp³-hybridized carbons (Fsp3) is 0.121. The number of thioether (sulfide) groups is 1. The first kappa shape index (κ1) is 31.2. The molecule has 0 radical (unpaired) electrons. The van der Waals surface area contributed by atoms with Crippen LogP contribution in [0, 0.1) is 0 Å². The van der Waals surface area contributed by atoms with Gasteiger partial charge in [-0.05, 0) is 72.3 Å². The summed E-state index contributed by atoms with van der Waals surface area (Å²) in [5.41, 5.74) is 3.34. The molecule has 0 spiro atoms. The average molecular weight is 615 g/mol. The molecule has 0 aromatic heterocycles. The highest BCUT2D eigenvalue weighted by atomic mass is 35.5. The van der Waals surface area contributed by atoms with Gasteiger partial charge in [-0.1, -0.05) is 48.0 Å². The number of carbonyl (C=O) groups excluding carboxylic acids is 3. The van der Waals surface area contributed by atoms with Crippen LogP contribution < -0.4 is 25.6 Å². The molecule has 0 aliphatic carbocycles. The summed E-state index contributed by atoms with van der Waals surface area (Å²) in [6.07, 6.45) is 1.63. The van der Waals surface area contributed by atoms with Crippen LogP contribution in [-0.2, 0) is 9.59 Å². The van der Waals surface area contributed by atoms with Crippen molar-refractivity contribution in [1.82, 2.24) is 5.32 Å². The molecule has 0 saturated heterocycles. The van der Waals surface area contributed by atoms with Gasteiger partial charge in [-0.3, -0.25) is 14.4 Å². The maximum atomic E-state index is 13.4. The summed E-state index contributed by atoms with van der Waals surface area (Å²) in [6.45, 7) is 0. The molecule has 43 heavy (non-hydrogen) atoms. The Hall–Kier alpha value is -4.73. The Bertz CT molecular complexity index is 1630. The zero-order chi connectivity index (χ0) is 30.8. The van der Waals surface area contributed by atoms with Crippen LogP contribution in [0.5, 0.6) is 5.75 Å². The van der Waals surface area contributed by atoms with Crippen molar-refractivity contribution in [1.29, 1.82) is 0 Å². The Labute approximate surface area is 260 Å². The minimum atomic E-state index is -0.489. The van der Waals surface area contributed by atoms with Crippen LogP contribution in [0.1, 0.15) is 15.9 Å². The van der Waals surface area contributed by atoms with Crippen LogP contribution in [-0.4, -0.2) is 44.7 Å². The second-order valence-electron chi connectivity index (χ2n) is 9.53. The molecule has 0 aliphatic rings. The molecule has 3 amide bonds. The number of carbonyl (C=O) groups is 3. The van der Waals surface area contributed by atoms with Gasteiger partial charge in [0.05, 0.1) is 17.9 Å². The Morgan fingerprint density at radius 2 is 1.58 bits per heavy atom. The van der Waals surface area contributed by atoms with E-state index in [1.807, 2.05) is 55.4 Å². The van der Waals surface area contributed by atoms with Crippen LogP contribution in [0.4, 0.5) is 17.1 Å². The molecule has 0 unspecified atom stereocenters. The number of anilines is 3.